The maximum atomic E-state index is 13.1. The number of ether oxygens (including phenoxy) is 1. The molecule has 0 atom stereocenters. The lowest BCUT2D eigenvalue weighted by atomic mass is 9.95. The number of nitrogens with zero attached hydrogens (tertiary/aromatic N) is 1. The quantitative estimate of drug-likeness (QED) is 0.328. The molecule has 0 unspecified atom stereocenters. The van der Waals surface area contributed by atoms with Crippen molar-refractivity contribution in [3.63, 3.8) is 0 Å². The summed E-state index contributed by atoms with van der Waals surface area (Å²) in [5.74, 6) is -0.244. The molecule has 2 N–H and O–H groups in total. The van der Waals surface area contributed by atoms with Crippen LogP contribution < -0.4 is 10.1 Å². The van der Waals surface area contributed by atoms with Gasteiger partial charge >= 0.3 is 0 Å². The van der Waals surface area contributed by atoms with Crippen LogP contribution in [0, 0.1) is 0 Å². The normalized spacial score (nSPS) is 14.2. The van der Waals surface area contributed by atoms with Crippen molar-refractivity contribution < 1.29 is 23.8 Å². The first-order valence-corrected chi connectivity index (χ1v) is 10.9. The highest BCUT2D eigenvalue weighted by Crippen LogP contribution is 2.40. The fraction of sp³-hybridized carbons (Fsp3) is 0.231. The zero-order valence-corrected chi connectivity index (χ0v) is 18.4. The fourth-order valence-corrected chi connectivity index (χ4v) is 4.36. The van der Waals surface area contributed by atoms with Crippen molar-refractivity contribution in [1.29, 1.82) is 0 Å². The minimum atomic E-state index is -0.445. The third-order valence-corrected chi connectivity index (χ3v) is 5.88. The Bertz CT molecular complexity index is 1420. The Balaban J connectivity index is 1.76. The van der Waals surface area contributed by atoms with E-state index in [0.717, 1.165) is 16.3 Å². The molecule has 2 amide bonds. The van der Waals surface area contributed by atoms with Gasteiger partial charge in [0.15, 0.2) is 0 Å². The number of rotatable bonds is 7. The van der Waals surface area contributed by atoms with Gasteiger partial charge in [-0.25, -0.2) is 0 Å². The van der Waals surface area contributed by atoms with Gasteiger partial charge in [0, 0.05) is 52.7 Å². The molecule has 1 aliphatic heterocycles. The molecule has 0 spiro atoms. The van der Waals surface area contributed by atoms with Crippen molar-refractivity contribution in [2.45, 2.75) is 26.3 Å². The summed E-state index contributed by atoms with van der Waals surface area (Å²) in [6, 6.07) is 13.2. The molecule has 4 aromatic rings. The second-order valence-electron chi connectivity index (χ2n) is 8.33. The summed E-state index contributed by atoms with van der Waals surface area (Å²) in [5.41, 5.74) is 3.36. The molecule has 168 valence electrons. The van der Waals surface area contributed by atoms with E-state index in [-0.39, 0.29) is 12.6 Å². The summed E-state index contributed by atoms with van der Waals surface area (Å²) in [6.45, 7) is 4.56. The predicted octanol–water partition coefficient (Wildman–Crippen LogP) is 4.30. The summed E-state index contributed by atoms with van der Waals surface area (Å²) in [6.07, 6.45) is 4.02. The minimum Gasteiger partial charge on any atom is -0.493 e. The van der Waals surface area contributed by atoms with Gasteiger partial charge in [-0.1, -0.05) is 18.2 Å². The van der Waals surface area contributed by atoms with Crippen LogP contribution in [0.15, 0.2) is 59.3 Å². The number of imide groups is 1. The van der Waals surface area contributed by atoms with Gasteiger partial charge in [-0.15, -0.1) is 0 Å². The van der Waals surface area contributed by atoms with E-state index in [2.05, 4.69) is 23.7 Å². The van der Waals surface area contributed by atoms with E-state index in [9.17, 15) is 9.59 Å². The van der Waals surface area contributed by atoms with Gasteiger partial charge in [0.05, 0.1) is 24.0 Å². The van der Waals surface area contributed by atoms with Gasteiger partial charge < -0.3 is 18.8 Å². The lowest BCUT2D eigenvalue weighted by Crippen LogP contribution is -2.22. The molecule has 0 fully saturated rings. The Morgan fingerprint density at radius 2 is 1.85 bits per heavy atom. The number of para-hydroxylation sites is 1. The smallest absolute Gasteiger partial charge is 0.259 e. The number of fused-ring (bicyclic) bond motifs is 2. The van der Waals surface area contributed by atoms with Gasteiger partial charge in [0.25, 0.3) is 11.8 Å². The number of carbonyl (C=O) groups is 2. The number of hydrogen-bond donors (Lipinski definition) is 2. The number of nitrogens with one attached hydrogen (secondary N) is 1. The number of hydrogen-bond acceptors (Lipinski definition) is 5. The number of aromatic nitrogens is 1. The Kier molecular flexibility index (Phi) is 5.26. The lowest BCUT2D eigenvalue weighted by Gasteiger charge is -2.10. The highest BCUT2D eigenvalue weighted by atomic mass is 16.5. The summed E-state index contributed by atoms with van der Waals surface area (Å²) in [5, 5.41) is 13.2. The molecule has 7 heteroatoms. The monoisotopic (exact) mass is 444 g/mol. The molecule has 33 heavy (non-hydrogen) atoms. The molecule has 2 aromatic heterocycles. The van der Waals surface area contributed by atoms with Crippen molar-refractivity contribution in [2.24, 2.45) is 0 Å². The maximum absolute atomic E-state index is 13.1. The molecule has 1 aliphatic rings. The second kappa shape index (κ2) is 8.26. The first kappa shape index (κ1) is 21.0. The van der Waals surface area contributed by atoms with E-state index in [1.54, 1.807) is 12.3 Å². The van der Waals surface area contributed by atoms with Crippen molar-refractivity contribution in [3.05, 3.63) is 66.1 Å². The molecule has 2 aromatic carbocycles. The van der Waals surface area contributed by atoms with Gasteiger partial charge in [-0.05, 0) is 38.1 Å². The number of aliphatic hydroxyl groups excluding tert-OH is 1. The Morgan fingerprint density at radius 1 is 1.06 bits per heavy atom. The van der Waals surface area contributed by atoms with Gasteiger partial charge in [0.1, 0.15) is 11.3 Å². The zero-order chi connectivity index (χ0) is 23.1. The van der Waals surface area contributed by atoms with Crippen LogP contribution in [0.25, 0.3) is 33.0 Å². The van der Waals surface area contributed by atoms with Crippen LogP contribution in [-0.2, 0) is 9.59 Å². The Morgan fingerprint density at radius 3 is 2.61 bits per heavy atom. The lowest BCUT2D eigenvalue weighted by molar-refractivity contribution is -0.122. The van der Waals surface area contributed by atoms with E-state index in [4.69, 9.17) is 14.3 Å². The van der Waals surface area contributed by atoms with Gasteiger partial charge in [0.2, 0.25) is 0 Å². The summed E-state index contributed by atoms with van der Waals surface area (Å²) < 4.78 is 13.5. The van der Waals surface area contributed by atoms with Crippen LogP contribution in [0.4, 0.5) is 0 Å². The van der Waals surface area contributed by atoms with Crippen LogP contribution in [-0.4, -0.2) is 34.7 Å². The number of benzene rings is 2. The second-order valence-corrected chi connectivity index (χ2v) is 8.33. The Hall–Kier alpha value is -3.84. The predicted molar refractivity (Wildman–Crippen MR) is 126 cm³/mol. The highest BCUT2D eigenvalue weighted by molar-refractivity contribution is 6.50. The topological polar surface area (TPSA) is 93.7 Å². The average molecular weight is 444 g/mol. The Labute approximate surface area is 190 Å². The van der Waals surface area contributed by atoms with E-state index in [1.807, 2.05) is 42.6 Å². The maximum Gasteiger partial charge on any atom is 0.259 e. The van der Waals surface area contributed by atoms with Crippen molar-refractivity contribution in [2.75, 3.05) is 13.2 Å². The third-order valence-electron chi connectivity index (χ3n) is 5.88. The van der Waals surface area contributed by atoms with Crippen LogP contribution in [0.2, 0.25) is 0 Å². The molecule has 0 radical (unpaired) electrons. The first-order valence-electron chi connectivity index (χ1n) is 10.9. The highest BCUT2D eigenvalue weighted by Gasteiger charge is 2.35. The molecular weight excluding hydrogens is 420 g/mol. The number of amides is 2. The van der Waals surface area contributed by atoms with E-state index < -0.39 is 11.8 Å². The molecular formula is C26H24N2O5. The molecule has 0 bridgehead atoms. The van der Waals surface area contributed by atoms with Gasteiger partial charge in [-0.2, -0.15) is 0 Å². The van der Waals surface area contributed by atoms with Crippen molar-refractivity contribution in [1.82, 2.24) is 9.88 Å². The van der Waals surface area contributed by atoms with Crippen LogP contribution >= 0.6 is 0 Å². The number of carbonyl (C=O) groups excluding carboxylic acids is 2. The molecule has 0 saturated carbocycles. The van der Waals surface area contributed by atoms with Crippen molar-refractivity contribution in [3.8, 4) is 5.75 Å². The standard InChI is InChI=1S/C26H24N2O5/c1-15(2)28-14-20(19-13-17(7-8-21(19)28)32-11-4-10-29)23-22(25(30)27-26(23)31)18-6-3-5-16-9-12-33-24(16)18/h3,5-9,12-15,29H,4,10-11H2,1-2H3,(H,27,30,31). The van der Waals surface area contributed by atoms with E-state index >= 15 is 0 Å². The zero-order valence-electron chi connectivity index (χ0n) is 18.4. The first-order chi connectivity index (χ1) is 16.0. The molecule has 5 rings (SSSR count). The van der Waals surface area contributed by atoms with Crippen LogP contribution in [0.3, 0.4) is 0 Å². The molecule has 0 aliphatic carbocycles. The van der Waals surface area contributed by atoms with E-state index in [1.165, 1.54) is 0 Å². The molecule has 0 saturated heterocycles. The summed E-state index contributed by atoms with van der Waals surface area (Å²) in [4.78, 5) is 26.0. The number of aliphatic hydroxyl groups is 1. The summed E-state index contributed by atoms with van der Waals surface area (Å²) in [7, 11) is 0. The number of furan rings is 1. The summed E-state index contributed by atoms with van der Waals surface area (Å²) >= 11 is 0. The van der Waals surface area contributed by atoms with Crippen molar-refractivity contribution >= 4 is 44.8 Å². The van der Waals surface area contributed by atoms with Gasteiger partial charge in [-0.3, -0.25) is 14.9 Å². The third kappa shape index (κ3) is 3.50. The fourth-order valence-electron chi connectivity index (χ4n) is 4.36. The van der Waals surface area contributed by atoms with Crippen LogP contribution in [0.5, 0.6) is 5.75 Å². The molecule has 7 nitrogen and oxygen atoms in total. The van der Waals surface area contributed by atoms with Crippen LogP contribution in [0.1, 0.15) is 37.4 Å². The van der Waals surface area contributed by atoms with E-state index in [0.29, 0.717) is 46.6 Å². The largest absolute Gasteiger partial charge is 0.493 e. The SMILES string of the molecule is CC(C)n1cc(C2=C(c3cccc4ccoc34)C(=O)NC2=O)c2cc(OCCCO)ccc21. The average Bonchev–Trinajstić information content (AvgIpc) is 3.48. The minimum absolute atomic E-state index is 0.0497. The molecule has 3 heterocycles.